The first kappa shape index (κ1) is 24.0. The van der Waals surface area contributed by atoms with Gasteiger partial charge in [-0.15, -0.1) is 0 Å². The molecular formula is C20H26N6O7S. The molecule has 2 aliphatic rings. The van der Waals surface area contributed by atoms with Gasteiger partial charge < -0.3 is 34.3 Å². The molecule has 0 amide bonds. The van der Waals surface area contributed by atoms with Crippen molar-refractivity contribution in [1.82, 2.24) is 24.8 Å². The number of ether oxygens (including phenoxy) is 5. The van der Waals surface area contributed by atoms with Crippen LogP contribution in [0.3, 0.4) is 0 Å². The maximum absolute atomic E-state index is 11.9. The molecule has 5 atom stereocenters. The molecule has 0 radical (unpaired) electrons. The molecule has 0 bridgehead atoms. The number of thiocarbonyl (C=S) groups is 1. The summed E-state index contributed by atoms with van der Waals surface area (Å²) in [4.78, 5) is 36.9. The summed E-state index contributed by atoms with van der Waals surface area (Å²) < 4.78 is 29.7. The molecule has 13 nitrogen and oxygen atoms in total. The van der Waals surface area contributed by atoms with Gasteiger partial charge in [-0.1, -0.05) is 0 Å². The third-order valence-corrected chi connectivity index (χ3v) is 5.70. The second-order valence-corrected chi connectivity index (χ2v) is 8.18. The fourth-order valence-corrected chi connectivity index (χ4v) is 4.00. The number of carbonyl (C=O) groups excluding carboxylic acids is 2. The Bertz CT molecular complexity index is 1060. The Balaban J connectivity index is 1.66. The molecule has 2 aromatic heterocycles. The number of nitrogens with zero attached hydrogens (tertiary/aromatic N) is 4. The summed E-state index contributed by atoms with van der Waals surface area (Å²) in [5.74, 6) is -0.571. The number of aromatic nitrogens is 4. The minimum Gasteiger partial charge on any atom is -0.468 e. The van der Waals surface area contributed by atoms with Crippen molar-refractivity contribution in [3.8, 4) is 0 Å². The van der Waals surface area contributed by atoms with Gasteiger partial charge in [0.1, 0.15) is 19.0 Å². The minimum absolute atomic E-state index is 0.0397. The lowest BCUT2D eigenvalue weighted by atomic mass is 10.1. The number of anilines is 1. The Labute approximate surface area is 200 Å². The summed E-state index contributed by atoms with van der Waals surface area (Å²) in [6.45, 7) is 3.74. The number of imidazole rings is 1. The number of esters is 2. The number of hydrogen-bond acceptors (Lipinski definition) is 12. The number of fused-ring (bicyclic) bond motifs is 1. The summed E-state index contributed by atoms with van der Waals surface area (Å²) in [6, 6.07) is 0.116. The first-order valence-corrected chi connectivity index (χ1v) is 11.1. The van der Waals surface area contributed by atoms with Gasteiger partial charge in [-0.3, -0.25) is 14.2 Å². The molecule has 0 unspecified atom stereocenters. The Kier molecular flexibility index (Phi) is 7.38. The highest BCUT2D eigenvalue weighted by Crippen LogP contribution is 2.36. The highest BCUT2D eigenvalue weighted by molar-refractivity contribution is 7.80. The molecular weight excluding hydrogens is 468 g/mol. The van der Waals surface area contributed by atoms with Crippen LogP contribution in [-0.2, 0) is 33.3 Å². The van der Waals surface area contributed by atoms with Crippen molar-refractivity contribution in [3.63, 3.8) is 0 Å². The standard InChI is InChI=1S/C20H26N6O7S/c1-10(27)31-15-13(7-30-20(34)21-3)33-19(16(15)32-11(2)28)26-9-24-14-17(22-8-23-18(14)26)25-12-4-5-29-6-12/h8-9,12-13,15-16,19H,4-7H2,1-3H3,(H,21,34)(H,22,23,25)/t12-,13+,15-,16-,19-/m1/s1. The second-order valence-electron chi connectivity index (χ2n) is 7.81. The molecule has 2 aromatic rings. The van der Waals surface area contributed by atoms with E-state index in [-0.39, 0.29) is 17.8 Å². The molecule has 4 heterocycles. The largest absolute Gasteiger partial charge is 0.468 e. The third-order valence-electron chi connectivity index (χ3n) is 5.38. The van der Waals surface area contributed by atoms with Gasteiger partial charge in [0.25, 0.3) is 5.17 Å². The normalized spacial score (nSPS) is 26.3. The van der Waals surface area contributed by atoms with E-state index in [4.69, 9.17) is 35.9 Å². The van der Waals surface area contributed by atoms with Crippen LogP contribution in [0.5, 0.6) is 0 Å². The molecule has 0 saturated carbocycles. The van der Waals surface area contributed by atoms with Crippen molar-refractivity contribution in [3.05, 3.63) is 12.7 Å². The fourth-order valence-electron chi connectivity index (χ4n) is 3.93. The van der Waals surface area contributed by atoms with E-state index in [0.29, 0.717) is 30.2 Å². The first-order valence-electron chi connectivity index (χ1n) is 10.7. The van der Waals surface area contributed by atoms with Crippen molar-refractivity contribution in [2.45, 2.75) is 50.8 Å². The monoisotopic (exact) mass is 494 g/mol. The quantitative estimate of drug-likeness (QED) is 0.402. The van der Waals surface area contributed by atoms with E-state index in [2.05, 4.69) is 25.6 Å². The summed E-state index contributed by atoms with van der Waals surface area (Å²) in [6.07, 6.45) is 0.174. The first-order chi connectivity index (χ1) is 16.4. The smallest absolute Gasteiger partial charge is 0.303 e. The Hall–Kier alpha value is -3.10. The molecule has 2 N–H and O–H groups in total. The van der Waals surface area contributed by atoms with Gasteiger partial charge >= 0.3 is 11.9 Å². The van der Waals surface area contributed by atoms with Gasteiger partial charge in [0.05, 0.1) is 19.0 Å². The zero-order valence-electron chi connectivity index (χ0n) is 18.9. The predicted molar refractivity (Wildman–Crippen MR) is 121 cm³/mol. The molecule has 14 heteroatoms. The average molecular weight is 495 g/mol. The van der Waals surface area contributed by atoms with E-state index in [0.717, 1.165) is 6.42 Å². The summed E-state index contributed by atoms with van der Waals surface area (Å²) in [5, 5.41) is 6.17. The van der Waals surface area contributed by atoms with Gasteiger partial charge in [0, 0.05) is 27.5 Å². The molecule has 4 rings (SSSR count). The lowest BCUT2D eigenvalue weighted by Crippen LogP contribution is -2.41. The lowest BCUT2D eigenvalue weighted by Gasteiger charge is -2.23. The van der Waals surface area contributed by atoms with Gasteiger partial charge in [-0.05, 0) is 18.6 Å². The number of nitrogens with one attached hydrogen (secondary N) is 2. The van der Waals surface area contributed by atoms with E-state index in [1.54, 1.807) is 11.6 Å². The van der Waals surface area contributed by atoms with Crippen LogP contribution in [0.4, 0.5) is 5.82 Å². The van der Waals surface area contributed by atoms with E-state index in [9.17, 15) is 9.59 Å². The predicted octanol–water partition coefficient (Wildman–Crippen LogP) is 0.309. The third kappa shape index (κ3) is 5.18. The molecule has 0 aromatic carbocycles. The molecule has 184 valence electrons. The zero-order valence-corrected chi connectivity index (χ0v) is 19.7. The topological polar surface area (TPSA) is 148 Å². The molecule has 34 heavy (non-hydrogen) atoms. The van der Waals surface area contributed by atoms with Crippen LogP contribution in [0, 0.1) is 0 Å². The van der Waals surface area contributed by atoms with Crippen LogP contribution in [0.1, 0.15) is 26.5 Å². The van der Waals surface area contributed by atoms with E-state index in [1.165, 1.54) is 26.5 Å². The number of hydrogen-bond donors (Lipinski definition) is 2. The van der Waals surface area contributed by atoms with Crippen molar-refractivity contribution in [2.24, 2.45) is 0 Å². The van der Waals surface area contributed by atoms with Crippen LogP contribution in [0.15, 0.2) is 12.7 Å². The lowest BCUT2D eigenvalue weighted by molar-refractivity contribution is -0.165. The maximum atomic E-state index is 11.9. The van der Waals surface area contributed by atoms with Gasteiger partial charge in [-0.2, -0.15) is 0 Å². The molecule has 2 fully saturated rings. The molecule has 0 spiro atoms. The number of rotatable bonds is 7. The highest BCUT2D eigenvalue weighted by atomic mass is 32.1. The van der Waals surface area contributed by atoms with Crippen LogP contribution in [0.25, 0.3) is 11.2 Å². The average Bonchev–Trinajstić information content (AvgIpc) is 3.52. The summed E-state index contributed by atoms with van der Waals surface area (Å²) in [5.41, 5.74) is 0.965. The minimum atomic E-state index is -0.981. The second kappa shape index (κ2) is 10.4. The van der Waals surface area contributed by atoms with E-state index < -0.39 is 36.5 Å². The van der Waals surface area contributed by atoms with E-state index in [1.807, 2.05) is 0 Å². The van der Waals surface area contributed by atoms with Crippen molar-refractivity contribution < 1.29 is 33.3 Å². The fraction of sp³-hybridized carbons (Fsp3) is 0.600. The van der Waals surface area contributed by atoms with Crippen molar-refractivity contribution in [2.75, 3.05) is 32.2 Å². The van der Waals surface area contributed by atoms with Crippen molar-refractivity contribution in [1.29, 1.82) is 0 Å². The summed E-state index contributed by atoms with van der Waals surface area (Å²) in [7, 11) is 1.62. The van der Waals surface area contributed by atoms with Crippen LogP contribution in [0.2, 0.25) is 0 Å². The Morgan fingerprint density at radius 1 is 1.21 bits per heavy atom. The molecule has 2 aliphatic heterocycles. The summed E-state index contributed by atoms with van der Waals surface area (Å²) >= 11 is 5.03. The van der Waals surface area contributed by atoms with Crippen LogP contribution < -0.4 is 10.6 Å². The SMILES string of the molecule is CNC(=S)OC[C@@H]1O[C@@H](n2cnc3c(N[C@@H]4CCOC4)ncnc32)[C@H](OC(C)=O)[C@@H]1OC(C)=O. The Morgan fingerprint density at radius 2 is 1.97 bits per heavy atom. The van der Waals surface area contributed by atoms with Gasteiger partial charge in [0.15, 0.2) is 35.4 Å². The zero-order chi connectivity index (χ0) is 24.2. The number of carbonyl (C=O) groups is 2. The molecule has 2 saturated heterocycles. The van der Waals surface area contributed by atoms with Gasteiger partial charge in [0.2, 0.25) is 0 Å². The van der Waals surface area contributed by atoms with Crippen LogP contribution >= 0.6 is 12.2 Å². The Morgan fingerprint density at radius 3 is 2.65 bits per heavy atom. The van der Waals surface area contributed by atoms with Crippen molar-refractivity contribution >= 4 is 46.3 Å². The van der Waals surface area contributed by atoms with Gasteiger partial charge in [-0.25, -0.2) is 15.0 Å². The van der Waals surface area contributed by atoms with Crippen LogP contribution in [-0.4, -0.2) is 87.9 Å². The van der Waals surface area contributed by atoms with E-state index >= 15 is 0 Å². The molecule has 0 aliphatic carbocycles. The maximum Gasteiger partial charge on any atom is 0.303 e. The highest BCUT2D eigenvalue weighted by Gasteiger charge is 2.51.